The van der Waals surface area contributed by atoms with Crippen molar-refractivity contribution in [2.45, 2.75) is 13.8 Å². The molecule has 6 nitrogen and oxygen atoms in total. The number of aryl methyl sites for hydroxylation is 2. The van der Waals surface area contributed by atoms with Gasteiger partial charge in [0.2, 0.25) is 5.95 Å². The Morgan fingerprint density at radius 2 is 1.75 bits per heavy atom. The van der Waals surface area contributed by atoms with Crippen LogP contribution in [-0.2, 0) is 0 Å². The fourth-order valence-corrected chi connectivity index (χ4v) is 2.86. The lowest BCUT2D eigenvalue weighted by Gasteiger charge is -2.18. The number of amides is 1. The van der Waals surface area contributed by atoms with Crippen LogP contribution in [0.4, 0.5) is 11.6 Å². The third-order valence-electron chi connectivity index (χ3n) is 4.17. The van der Waals surface area contributed by atoms with E-state index in [0.717, 1.165) is 22.6 Å². The van der Waals surface area contributed by atoms with Crippen LogP contribution in [0, 0.1) is 13.8 Å². The molecule has 0 atom stereocenters. The van der Waals surface area contributed by atoms with Gasteiger partial charge in [-0.2, -0.15) is 0 Å². The maximum Gasteiger partial charge on any atom is 0.253 e. The average Bonchev–Trinajstić information content (AvgIpc) is 2.67. The van der Waals surface area contributed by atoms with Gasteiger partial charge in [0.15, 0.2) is 0 Å². The van der Waals surface area contributed by atoms with Crippen LogP contribution in [0.5, 0.6) is 5.75 Å². The lowest BCUT2D eigenvalue weighted by Crippen LogP contribution is -2.30. The lowest BCUT2D eigenvalue weighted by molar-refractivity contribution is 0.0774. The summed E-state index contributed by atoms with van der Waals surface area (Å²) >= 11 is 0. The van der Waals surface area contributed by atoms with Crippen molar-refractivity contribution in [1.82, 2.24) is 14.9 Å². The molecule has 1 N–H and O–H groups in total. The molecule has 3 rings (SSSR count). The second-order valence-corrected chi connectivity index (χ2v) is 6.68. The summed E-state index contributed by atoms with van der Waals surface area (Å²) in [6, 6.07) is 15.1. The highest BCUT2D eigenvalue weighted by molar-refractivity contribution is 5.95. The normalized spacial score (nSPS) is 10.4. The highest BCUT2D eigenvalue weighted by Gasteiger charge is 2.12. The Labute approximate surface area is 165 Å². The van der Waals surface area contributed by atoms with Crippen LogP contribution in [0.25, 0.3) is 0 Å². The predicted molar refractivity (Wildman–Crippen MR) is 110 cm³/mol. The molecule has 1 heterocycles. The SMILES string of the molecule is Cc1cc(C)cc(OCCN(C)C(=O)c2cccc(Nc3ncccn3)c2)c1. The number of likely N-dealkylation sites (N-methyl/N-ethyl adjacent to an activating group) is 1. The number of benzene rings is 2. The molecule has 2 aromatic carbocycles. The van der Waals surface area contributed by atoms with E-state index in [-0.39, 0.29) is 5.91 Å². The molecule has 0 radical (unpaired) electrons. The molecule has 0 spiro atoms. The van der Waals surface area contributed by atoms with E-state index in [2.05, 4.69) is 21.4 Å². The molecular formula is C22H24N4O2. The van der Waals surface area contributed by atoms with E-state index >= 15 is 0 Å². The quantitative estimate of drug-likeness (QED) is 0.675. The summed E-state index contributed by atoms with van der Waals surface area (Å²) < 4.78 is 5.80. The van der Waals surface area contributed by atoms with Gasteiger partial charge in [0, 0.05) is 30.7 Å². The Kier molecular flexibility index (Phi) is 6.22. The number of rotatable bonds is 7. The molecule has 3 aromatic rings. The molecular weight excluding hydrogens is 352 g/mol. The number of carbonyl (C=O) groups excluding carboxylic acids is 1. The van der Waals surface area contributed by atoms with Crippen LogP contribution in [0.3, 0.4) is 0 Å². The first-order chi connectivity index (χ1) is 13.5. The van der Waals surface area contributed by atoms with E-state index in [4.69, 9.17) is 4.74 Å². The van der Waals surface area contributed by atoms with Crippen LogP contribution in [0.1, 0.15) is 21.5 Å². The summed E-state index contributed by atoms with van der Waals surface area (Å²) in [5.74, 6) is 1.25. The van der Waals surface area contributed by atoms with Crippen LogP contribution >= 0.6 is 0 Å². The summed E-state index contributed by atoms with van der Waals surface area (Å²) in [7, 11) is 1.77. The van der Waals surface area contributed by atoms with Crippen LogP contribution in [0.2, 0.25) is 0 Å². The Bertz CT molecular complexity index is 924. The van der Waals surface area contributed by atoms with Gasteiger partial charge in [-0.05, 0) is 61.4 Å². The van der Waals surface area contributed by atoms with Crippen molar-refractivity contribution in [3.05, 3.63) is 77.6 Å². The van der Waals surface area contributed by atoms with Crippen molar-refractivity contribution >= 4 is 17.5 Å². The minimum Gasteiger partial charge on any atom is -0.492 e. The van der Waals surface area contributed by atoms with Gasteiger partial charge >= 0.3 is 0 Å². The molecule has 0 saturated heterocycles. The predicted octanol–water partition coefficient (Wildman–Crippen LogP) is 3.99. The zero-order valence-corrected chi connectivity index (χ0v) is 16.3. The van der Waals surface area contributed by atoms with E-state index in [1.54, 1.807) is 42.5 Å². The first-order valence-electron chi connectivity index (χ1n) is 9.12. The summed E-state index contributed by atoms with van der Waals surface area (Å²) in [5, 5.41) is 3.10. The first kappa shape index (κ1) is 19.4. The van der Waals surface area contributed by atoms with Crippen molar-refractivity contribution < 1.29 is 9.53 Å². The minimum absolute atomic E-state index is 0.0679. The van der Waals surface area contributed by atoms with Crippen molar-refractivity contribution in [2.24, 2.45) is 0 Å². The lowest BCUT2D eigenvalue weighted by atomic mass is 10.1. The van der Waals surface area contributed by atoms with Crippen molar-refractivity contribution in [3.63, 3.8) is 0 Å². The molecule has 6 heteroatoms. The Morgan fingerprint density at radius 1 is 1.04 bits per heavy atom. The van der Waals surface area contributed by atoms with Crippen molar-refractivity contribution in [1.29, 1.82) is 0 Å². The van der Waals surface area contributed by atoms with Gasteiger partial charge in [-0.3, -0.25) is 4.79 Å². The fourth-order valence-electron chi connectivity index (χ4n) is 2.86. The minimum atomic E-state index is -0.0679. The maximum absolute atomic E-state index is 12.7. The average molecular weight is 376 g/mol. The standard InChI is InChI=1S/C22H24N4O2/c1-16-12-17(2)14-20(13-16)28-11-10-26(3)21(27)18-6-4-7-19(15-18)25-22-23-8-5-9-24-22/h4-9,12-15H,10-11H2,1-3H3,(H,23,24,25). The van der Waals surface area contributed by atoms with Gasteiger partial charge in [0.1, 0.15) is 12.4 Å². The Morgan fingerprint density at radius 3 is 2.46 bits per heavy atom. The van der Waals surface area contributed by atoms with E-state index in [1.807, 2.05) is 38.1 Å². The largest absolute Gasteiger partial charge is 0.492 e. The number of aromatic nitrogens is 2. The maximum atomic E-state index is 12.7. The monoisotopic (exact) mass is 376 g/mol. The molecule has 0 fully saturated rings. The van der Waals surface area contributed by atoms with Crippen LogP contribution in [0.15, 0.2) is 60.9 Å². The highest BCUT2D eigenvalue weighted by atomic mass is 16.5. The topological polar surface area (TPSA) is 67.3 Å². The van der Waals surface area contributed by atoms with Gasteiger partial charge in [0.05, 0.1) is 6.54 Å². The zero-order valence-electron chi connectivity index (χ0n) is 16.3. The molecule has 0 bridgehead atoms. The molecule has 0 aliphatic heterocycles. The smallest absolute Gasteiger partial charge is 0.253 e. The molecule has 0 saturated carbocycles. The third-order valence-corrected chi connectivity index (χ3v) is 4.17. The van der Waals surface area contributed by atoms with Crippen LogP contribution < -0.4 is 10.1 Å². The molecule has 0 aliphatic carbocycles. The second kappa shape index (κ2) is 8.99. The Balaban J connectivity index is 1.57. The summed E-state index contributed by atoms with van der Waals surface area (Å²) in [6.07, 6.45) is 3.32. The van der Waals surface area contributed by atoms with E-state index < -0.39 is 0 Å². The van der Waals surface area contributed by atoms with Crippen LogP contribution in [-0.4, -0.2) is 41.0 Å². The van der Waals surface area contributed by atoms with Crippen molar-refractivity contribution in [2.75, 3.05) is 25.5 Å². The van der Waals surface area contributed by atoms with Gasteiger partial charge in [0.25, 0.3) is 5.91 Å². The number of nitrogens with one attached hydrogen (secondary N) is 1. The molecule has 28 heavy (non-hydrogen) atoms. The number of hydrogen-bond acceptors (Lipinski definition) is 5. The number of nitrogens with zero attached hydrogens (tertiary/aromatic N) is 3. The molecule has 0 unspecified atom stereocenters. The highest BCUT2D eigenvalue weighted by Crippen LogP contribution is 2.17. The van der Waals surface area contributed by atoms with Crippen molar-refractivity contribution in [3.8, 4) is 5.75 Å². The van der Waals surface area contributed by atoms with Gasteiger partial charge in [-0.25, -0.2) is 9.97 Å². The number of hydrogen-bond donors (Lipinski definition) is 1. The summed E-state index contributed by atoms with van der Waals surface area (Å²) in [6.45, 7) is 5.00. The third kappa shape index (κ3) is 5.30. The first-order valence-corrected chi connectivity index (χ1v) is 9.12. The fraction of sp³-hybridized carbons (Fsp3) is 0.227. The zero-order chi connectivity index (χ0) is 19.9. The summed E-state index contributed by atoms with van der Waals surface area (Å²) in [5.41, 5.74) is 3.67. The van der Waals surface area contributed by atoms with Gasteiger partial charge in [-0.15, -0.1) is 0 Å². The van der Waals surface area contributed by atoms with E-state index in [0.29, 0.717) is 24.7 Å². The summed E-state index contributed by atoms with van der Waals surface area (Å²) in [4.78, 5) is 22.6. The second-order valence-electron chi connectivity index (χ2n) is 6.68. The number of anilines is 2. The molecule has 0 aliphatic rings. The number of ether oxygens (including phenoxy) is 1. The van der Waals surface area contributed by atoms with Gasteiger partial charge < -0.3 is 15.0 Å². The molecule has 1 aromatic heterocycles. The molecule has 144 valence electrons. The number of carbonyl (C=O) groups is 1. The van der Waals surface area contributed by atoms with E-state index in [9.17, 15) is 4.79 Å². The molecule has 1 amide bonds. The Hall–Kier alpha value is -3.41. The van der Waals surface area contributed by atoms with E-state index in [1.165, 1.54) is 0 Å². The van der Waals surface area contributed by atoms with Gasteiger partial charge in [-0.1, -0.05) is 12.1 Å².